The van der Waals surface area contributed by atoms with Crippen molar-refractivity contribution in [2.24, 2.45) is 5.41 Å². The minimum atomic E-state index is 0.593. The van der Waals surface area contributed by atoms with Crippen LogP contribution in [-0.4, -0.2) is 0 Å². The van der Waals surface area contributed by atoms with Crippen molar-refractivity contribution in [2.45, 2.75) is 67.2 Å². The van der Waals surface area contributed by atoms with Crippen molar-refractivity contribution in [3.8, 4) is 0 Å². The Morgan fingerprint density at radius 1 is 1.00 bits per heavy atom. The summed E-state index contributed by atoms with van der Waals surface area (Å²) in [5, 5.41) is 0. The van der Waals surface area contributed by atoms with Gasteiger partial charge in [-0.05, 0) is 11.8 Å². The molecule has 0 aromatic heterocycles. The molecule has 0 rings (SSSR count). The zero-order chi connectivity index (χ0) is 9.33. The fourth-order valence-electron chi connectivity index (χ4n) is 0.832. The van der Waals surface area contributed by atoms with Crippen molar-refractivity contribution in [3.63, 3.8) is 0 Å². The van der Waals surface area contributed by atoms with Crippen molar-refractivity contribution in [1.29, 1.82) is 0 Å². The Kier molecular flexibility index (Phi) is 10.0. The Labute approximate surface area is 73.4 Å². The van der Waals surface area contributed by atoms with E-state index in [0.29, 0.717) is 5.41 Å². The monoisotopic (exact) mass is 158 g/mol. The van der Waals surface area contributed by atoms with Gasteiger partial charge in [0.2, 0.25) is 0 Å². The minimum Gasteiger partial charge on any atom is -0.0683 e. The molecule has 0 aliphatic rings. The summed E-state index contributed by atoms with van der Waals surface area (Å²) in [5.41, 5.74) is 0.593. The van der Waals surface area contributed by atoms with Crippen LogP contribution in [0.25, 0.3) is 0 Å². The van der Waals surface area contributed by atoms with E-state index in [2.05, 4.69) is 27.7 Å². The van der Waals surface area contributed by atoms with E-state index in [1.165, 1.54) is 25.7 Å². The van der Waals surface area contributed by atoms with E-state index < -0.39 is 0 Å². The Hall–Kier alpha value is 0. The summed E-state index contributed by atoms with van der Waals surface area (Å²) < 4.78 is 0. The largest absolute Gasteiger partial charge is 0.0683 e. The van der Waals surface area contributed by atoms with Crippen molar-refractivity contribution < 1.29 is 0 Å². The molecule has 70 valence electrons. The molecule has 0 spiro atoms. The lowest BCUT2D eigenvalue weighted by molar-refractivity contribution is 0.311. The number of hydrogen-bond donors (Lipinski definition) is 0. The first-order chi connectivity index (χ1) is 5.12. The van der Waals surface area contributed by atoms with E-state index in [1.807, 2.05) is 13.8 Å². The first-order valence-corrected chi connectivity index (χ1v) is 5.12. The van der Waals surface area contributed by atoms with Crippen LogP contribution in [0.2, 0.25) is 0 Å². The Morgan fingerprint density at radius 3 is 1.73 bits per heavy atom. The van der Waals surface area contributed by atoms with Gasteiger partial charge < -0.3 is 0 Å². The molecule has 0 saturated heterocycles. The molecule has 0 aliphatic carbocycles. The van der Waals surface area contributed by atoms with E-state index in [0.717, 1.165) is 0 Å². The van der Waals surface area contributed by atoms with Crippen molar-refractivity contribution in [2.75, 3.05) is 0 Å². The van der Waals surface area contributed by atoms with Crippen LogP contribution in [-0.2, 0) is 0 Å². The standard InChI is InChI=1S/C9H20.C2H6/c1-5-7-8-9(3,4)6-2;1-2/h5-8H2,1-4H3;1-2H3. The van der Waals surface area contributed by atoms with E-state index in [-0.39, 0.29) is 0 Å². The van der Waals surface area contributed by atoms with Crippen molar-refractivity contribution in [1.82, 2.24) is 0 Å². The van der Waals surface area contributed by atoms with Crippen LogP contribution in [0, 0.1) is 5.41 Å². The summed E-state index contributed by atoms with van der Waals surface area (Å²) in [4.78, 5) is 0. The first kappa shape index (κ1) is 13.6. The SMILES string of the molecule is CC.CCCCC(C)(C)CC. The molecule has 0 atom stereocenters. The maximum atomic E-state index is 2.35. The molecule has 0 bridgehead atoms. The number of unbranched alkanes of at least 4 members (excludes halogenated alkanes) is 1. The Balaban J connectivity index is 0. The molecule has 11 heavy (non-hydrogen) atoms. The zero-order valence-corrected chi connectivity index (χ0v) is 9.33. The third kappa shape index (κ3) is 10.0. The zero-order valence-electron chi connectivity index (χ0n) is 9.33. The van der Waals surface area contributed by atoms with Crippen LogP contribution in [0.15, 0.2) is 0 Å². The highest BCUT2D eigenvalue weighted by atomic mass is 14.2. The molecule has 0 heterocycles. The summed E-state index contributed by atoms with van der Waals surface area (Å²) in [6.45, 7) is 13.2. The third-order valence-corrected chi connectivity index (χ3v) is 2.16. The maximum Gasteiger partial charge on any atom is -0.0357 e. The summed E-state index contributed by atoms with van der Waals surface area (Å²) >= 11 is 0. The first-order valence-electron chi connectivity index (χ1n) is 5.12. The summed E-state index contributed by atoms with van der Waals surface area (Å²) in [7, 11) is 0. The number of hydrogen-bond acceptors (Lipinski definition) is 0. The smallest absolute Gasteiger partial charge is 0.0357 e. The molecular weight excluding hydrogens is 132 g/mol. The van der Waals surface area contributed by atoms with Crippen LogP contribution >= 0.6 is 0 Å². The normalized spacial score (nSPS) is 10.4. The van der Waals surface area contributed by atoms with Gasteiger partial charge in [-0.3, -0.25) is 0 Å². The van der Waals surface area contributed by atoms with Gasteiger partial charge >= 0.3 is 0 Å². The third-order valence-electron chi connectivity index (χ3n) is 2.16. The van der Waals surface area contributed by atoms with Gasteiger partial charge in [0, 0.05) is 0 Å². The molecule has 0 aliphatic heterocycles. The summed E-state index contributed by atoms with van der Waals surface area (Å²) in [5.74, 6) is 0. The van der Waals surface area contributed by atoms with Gasteiger partial charge in [0.25, 0.3) is 0 Å². The van der Waals surface area contributed by atoms with Crippen LogP contribution in [0.1, 0.15) is 67.2 Å². The average molecular weight is 158 g/mol. The van der Waals surface area contributed by atoms with Crippen molar-refractivity contribution in [3.05, 3.63) is 0 Å². The predicted octanol–water partition coefficient (Wildman–Crippen LogP) is 4.64. The molecule has 0 saturated carbocycles. The molecule has 0 radical (unpaired) electrons. The number of rotatable bonds is 4. The van der Waals surface area contributed by atoms with Gasteiger partial charge in [0.15, 0.2) is 0 Å². The van der Waals surface area contributed by atoms with E-state index in [4.69, 9.17) is 0 Å². The molecule has 0 N–H and O–H groups in total. The molecule has 0 unspecified atom stereocenters. The maximum absolute atomic E-state index is 2.35. The fraction of sp³-hybridized carbons (Fsp3) is 1.00. The highest BCUT2D eigenvalue weighted by Gasteiger charge is 2.12. The lowest BCUT2D eigenvalue weighted by atomic mass is 9.85. The van der Waals surface area contributed by atoms with Gasteiger partial charge in [-0.2, -0.15) is 0 Å². The topological polar surface area (TPSA) is 0 Å². The van der Waals surface area contributed by atoms with E-state index in [9.17, 15) is 0 Å². The van der Waals surface area contributed by atoms with Gasteiger partial charge in [-0.15, -0.1) is 0 Å². The average Bonchev–Trinajstić information content (AvgIpc) is 2.05. The quantitative estimate of drug-likeness (QED) is 0.559. The van der Waals surface area contributed by atoms with Crippen LogP contribution in [0.3, 0.4) is 0 Å². The van der Waals surface area contributed by atoms with E-state index in [1.54, 1.807) is 0 Å². The van der Waals surface area contributed by atoms with Crippen molar-refractivity contribution >= 4 is 0 Å². The fourth-order valence-corrected chi connectivity index (χ4v) is 0.832. The Bertz CT molecular complexity index is 62.4. The van der Waals surface area contributed by atoms with Gasteiger partial charge in [0.1, 0.15) is 0 Å². The van der Waals surface area contributed by atoms with E-state index >= 15 is 0 Å². The molecule has 0 nitrogen and oxygen atoms in total. The van der Waals surface area contributed by atoms with Gasteiger partial charge in [0.05, 0.1) is 0 Å². The molecule has 0 fully saturated rings. The Morgan fingerprint density at radius 2 is 1.45 bits per heavy atom. The molecule has 0 aromatic carbocycles. The second-order valence-corrected chi connectivity index (χ2v) is 3.62. The van der Waals surface area contributed by atoms with Gasteiger partial charge in [-0.25, -0.2) is 0 Å². The second kappa shape index (κ2) is 8.10. The second-order valence-electron chi connectivity index (χ2n) is 3.62. The van der Waals surface area contributed by atoms with Crippen LogP contribution in [0.4, 0.5) is 0 Å². The predicted molar refractivity (Wildman–Crippen MR) is 54.9 cm³/mol. The molecular formula is C11H26. The highest BCUT2D eigenvalue weighted by molar-refractivity contribution is 4.64. The molecule has 0 heteroatoms. The highest BCUT2D eigenvalue weighted by Crippen LogP contribution is 2.26. The summed E-state index contributed by atoms with van der Waals surface area (Å²) in [6.07, 6.45) is 5.43. The van der Waals surface area contributed by atoms with Crippen LogP contribution < -0.4 is 0 Å². The van der Waals surface area contributed by atoms with Crippen LogP contribution in [0.5, 0.6) is 0 Å². The lowest BCUT2D eigenvalue weighted by Gasteiger charge is -2.21. The molecule has 0 aromatic rings. The van der Waals surface area contributed by atoms with Gasteiger partial charge in [-0.1, -0.05) is 60.8 Å². The molecule has 0 amide bonds. The summed E-state index contributed by atoms with van der Waals surface area (Å²) in [6, 6.07) is 0. The minimum absolute atomic E-state index is 0.593. The lowest BCUT2D eigenvalue weighted by Crippen LogP contribution is -2.08.